The van der Waals surface area contributed by atoms with Gasteiger partial charge in [0.15, 0.2) is 0 Å². The lowest BCUT2D eigenvalue weighted by Gasteiger charge is -2.14. The summed E-state index contributed by atoms with van der Waals surface area (Å²) in [4.78, 5) is 0. The Labute approximate surface area is 122 Å². The lowest BCUT2D eigenvalue weighted by molar-refractivity contribution is 0.118. The lowest BCUT2D eigenvalue weighted by Crippen LogP contribution is -2.00. The molecule has 0 aliphatic carbocycles. The fourth-order valence-electron chi connectivity index (χ4n) is 1.79. The Kier molecular flexibility index (Phi) is 5.00. The molecule has 1 atom stereocenters. The minimum atomic E-state index is 0.0367. The minimum Gasteiger partial charge on any atom is -0.489 e. The third-order valence-electron chi connectivity index (χ3n) is 3.01. The van der Waals surface area contributed by atoms with Gasteiger partial charge in [0.25, 0.3) is 0 Å². The molecule has 2 nitrogen and oxygen atoms in total. The van der Waals surface area contributed by atoms with Gasteiger partial charge in [-0.3, -0.25) is 0 Å². The Hall–Kier alpha value is -1.32. The van der Waals surface area contributed by atoms with E-state index < -0.39 is 0 Å². The van der Waals surface area contributed by atoms with Gasteiger partial charge in [0.2, 0.25) is 0 Å². The molecule has 0 fully saturated rings. The van der Waals surface area contributed by atoms with Crippen molar-refractivity contribution in [3.05, 3.63) is 64.1 Å². The number of benzene rings is 2. The molecule has 2 aromatic rings. The van der Waals surface area contributed by atoms with E-state index in [1.807, 2.05) is 43.3 Å². The fraction of sp³-hybridized carbons (Fsp3) is 0.250. The first-order chi connectivity index (χ1) is 9.20. The van der Waals surface area contributed by atoms with Crippen LogP contribution in [-0.2, 0) is 11.3 Å². The van der Waals surface area contributed by atoms with Crippen molar-refractivity contribution in [3.63, 3.8) is 0 Å². The molecule has 0 aromatic heterocycles. The second-order valence-electron chi connectivity index (χ2n) is 4.34. The predicted octanol–water partition coefficient (Wildman–Crippen LogP) is 4.74. The quantitative estimate of drug-likeness (QED) is 0.792. The zero-order chi connectivity index (χ0) is 13.7. The van der Waals surface area contributed by atoms with Crippen molar-refractivity contribution < 1.29 is 9.47 Å². The number of halogens is 1. The maximum Gasteiger partial charge on any atom is 0.120 e. The van der Waals surface area contributed by atoms with Crippen molar-refractivity contribution in [1.29, 1.82) is 0 Å². The molecule has 19 heavy (non-hydrogen) atoms. The average Bonchev–Trinajstić information content (AvgIpc) is 2.46. The minimum absolute atomic E-state index is 0.0367. The van der Waals surface area contributed by atoms with Crippen molar-refractivity contribution in [3.8, 4) is 5.75 Å². The summed E-state index contributed by atoms with van der Waals surface area (Å²) in [5, 5.41) is 0. The van der Waals surface area contributed by atoms with Crippen molar-refractivity contribution in [2.24, 2.45) is 0 Å². The highest BCUT2D eigenvalue weighted by Crippen LogP contribution is 2.29. The third kappa shape index (κ3) is 3.82. The van der Waals surface area contributed by atoms with E-state index in [0.717, 1.165) is 21.3 Å². The summed E-state index contributed by atoms with van der Waals surface area (Å²) >= 11 is 3.53. The summed E-state index contributed by atoms with van der Waals surface area (Å²) in [5.41, 5.74) is 2.25. The molecule has 0 spiro atoms. The van der Waals surface area contributed by atoms with Crippen LogP contribution in [0.4, 0.5) is 0 Å². The molecular weight excluding hydrogens is 304 g/mol. The van der Waals surface area contributed by atoms with E-state index in [2.05, 4.69) is 28.1 Å². The van der Waals surface area contributed by atoms with Crippen LogP contribution >= 0.6 is 15.9 Å². The second-order valence-corrected chi connectivity index (χ2v) is 5.19. The van der Waals surface area contributed by atoms with E-state index in [1.165, 1.54) is 0 Å². The van der Waals surface area contributed by atoms with E-state index in [4.69, 9.17) is 9.47 Å². The molecule has 100 valence electrons. The van der Waals surface area contributed by atoms with Gasteiger partial charge in [0.05, 0.1) is 6.10 Å². The molecule has 0 bridgehead atoms. The van der Waals surface area contributed by atoms with Crippen LogP contribution in [0.3, 0.4) is 0 Å². The first kappa shape index (κ1) is 14.1. The molecule has 0 aliphatic rings. The Morgan fingerprint density at radius 3 is 2.53 bits per heavy atom. The zero-order valence-electron chi connectivity index (χ0n) is 11.1. The van der Waals surface area contributed by atoms with Crippen LogP contribution < -0.4 is 4.74 Å². The van der Waals surface area contributed by atoms with E-state index in [-0.39, 0.29) is 6.10 Å². The molecular formula is C16H17BrO2. The van der Waals surface area contributed by atoms with E-state index in [1.54, 1.807) is 7.11 Å². The van der Waals surface area contributed by atoms with E-state index in [0.29, 0.717) is 6.61 Å². The number of rotatable bonds is 5. The standard InChI is InChI=1S/C16H17BrO2/c1-12(18-2)15-10-14(8-9-16(15)17)19-11-13-6-4-3-5-7-13/h3-10,12H,11H2,1-2H3/t12-/m0/s1. The summed E-state index contributed by atoms with van der Waals surface area (Å²) in [7, 11) is 1.70. The largest absolute Gasteiger partial charge is 0.489 e. The smallest absolute Gasteiger partial charge is 0.120 e. The molecule has 2 rings (SSSR count). The maximum atomic E-state index is 5.81. The van der Waals surface area contributed by atoms with Gasteiger partial charge in [-0.2, -0.15) is 0 Å². The summed E-state index contributed by atoms with van der Waals surface area (Å²) in [5.74, 6) is 0.853. The van der Waals surface area contributed by atoms with E-state index >= 15 is 0 Å². The van der Waals surface area contributed by atoms with Gasteiger partial charge < -0.3 is 9.47 Å². The van der Waals surface area contributed by atoms with Crippen LogP contribution in [0.2, 0.25) is 0 Å². The molecule has 0 heterocycles. The second kappa shape index (κ2) is 6.73. The van der Waals surface area contributed by atoms with Gasteiger partial charge in [-0.25, -0.2) is 0 Å². The Morgan fingerprint density at radius 1 is 1.11 bits per heavy atom. The van der Waals surface area contributed by atoms with Crippen molar-refractivity contribution in [1.82, 2.24) is 0 Å². The average molecular weight is 321 g/mol. The fourth-order valence-corrected chi connectivity index (χ4v) is 2.36. The predicted molar refractivity (Wildman–Crippen MR) is 80.3 cm³/mol. The van der Waals surface area contributed by atoms with Crippen LogP contribution in [-0.4, -0.2) is 7.11 Å². The first-order valence-electron chi connectivity index (χ1n) is 6.19. The summed E-state index contributed by atoms with van der Waals surface area (Å²) < 4.78 is 12.2. The Bertz CT molecular complexity index is 526. The van der Waals surface area contributed by atoms with Gasteiger partial charge in [-0.15, -0.1) is 0 Å². The van der Waals surface area contributed by atoms with Crippen LogP contribution in [0.1, 0.15) is 24.2 Å². The van der Waals surface area contributed by atoms with Crippen molar-refractivity contribution in [2.75, 3.05) is 7.11 Å². The Balaban J connectivity index is 2.09. The topological polar surface area (TPSA) is 18.5 Å². The summed E-state index contributed by atoms with van der Waals surface area (Å²) in [6.07, 6.45) is 0.0367. The van der Waals surface area contributed by atoms with Crippen molar-refractivity contribution >= 4 is 15.9 Å². The molecule has 0 amide bonds. The van der Waals surface area contributed by atoms with Gasteiger partial charge in [-0.1, -0.05) is 46.3 Å². The zero-order valence-corrected chi connectivity index (χ0v) is 12.7. The molecule has 2 aromatic carbocycles. The molecule has 0 aliphatic heterocycles. The maximum absolute atomic E-state index is 5.81. The van der Waals surface area contributed by atoms with Crippen LogP contribution in [0.5, 0.6) is 5.75 Å². The highest BCUT2D eigenvalue weighted by molar-refractivity contribution is 9.10. The highest BCUT2D eigenvalue weighted by atomic mass is 79.9. The highest BCUT2D eigenvalue weighted by Gasteiger charge is 2.09. The summed E-state index contributed by atoms with van der Waals surface area (Å²) in [6.45, 7) is 2.59. The lowest BCUT2D eigenvalue weighted by atomic mass is 10.1. The molecule has 0 saturated carbocycles. The van der Waals surface area contributed by atoms with Crippen molar-refractivity contribution in [2.45, 2.75) is 19.6 Å². The molecule has 0 N–H and O–H groups in total. The number of hydrogen-bond acceptors (Lipinski definition) is 2. The summed E-state index contributed by atoms with van der Waals surface area (Å²) in [6, 6.07) is 16.1. The number of hydrogen-bond donors (Lipinski definition) is 0. The number of ether oxygens (including phenoxy) is 2. The Morgan fingerprint density at radius 2 is 1.84 bits per heavy atom. The van der Waals surface area contributed by atoms with Crippen LogP contribution in [0, 0.1) is 0 Å². The molecule has 0 saturated heterocycles. The van der Waals surface area contributed by atoms with Gasteiger partial charge in [0, 0.05) is 11.6 Å². The van der Waals surface area contributed by atoms with Gasteiger partial charge >= 0.3 is 0 Å². The molecule has 0 radical (unpaired) electrons. The van der Waals surface area contributed by atoms with Crippen LogP contribution in [0.25, 0.3) is 0 Å². The number of methoxy groups -OCH3 is 1. The van der Waals surface area contributed by atoms with E-state index in [9.17, 15) is 0 Å². The molecule has 3 heteroatoms. The first-order valence-corrected chi connectivity index (χ1v) is 6.99. The van der Waals surface area contributed by atoms with Gasteiger partial charge in [-0.05, 0) is 36.2 Å². The SMILES string of the molecule is CO[C@@H](C)c1cc(OCc2ccccc2)ccc1Br. The normalized spacial score (nSPS) is 12.2. The molecule has 0 unspecified atom stereocenters. The monoisotopic (exact) mass is 320 g/mol. The van der Waals surface area contributed by atoms with Crippen LogP contribution in [0.15, 0.2) is 53.0 Å². The third-order valence-corrected chi connectivity index (χ3v) is 3.73. The van der Waals surface area contributed by atoms with Gasteiger partial charge in [0.1, 0.15) is 12.4 Å².